The molecule has 90 valence electrons. The van der Waals surface area contributed by atoms with E-state index in [0.29, 0.717) is 6.04 Å². The predicted octanol–water partition coefficient (Wildman–Crippen LogP) is 0.816. The Kier molecular flexibility index (Phi) is 3.90. The maximum atomic E-state index is 5.22. The van der Waals surface area contributed by atoms with Crippen LogP contribution in [0.15, 0.2) is 4.52 Å². The van der Waals surface area contributed by atoms with Gasteiger partial charge in [0.25, 0.3) is 0 Å². The molecule has 0 aliphatic carbocycles. The molecule has 0 radical (unpaired) electrons. The molecule has 5 nitrogen and oxygen atoms in total. The molecule has 0 amide bonds. The molecule has 1 aliphatic rings. The molecule has 1 N–H and O–H groups in total. The highest BCUT2D eigenvalue weighted by Gasteiger charge is 2.22. The number of nitrogens with one attached hydrogen (secondary N) is 1. The van der Waals surface area contributed by atoms with Crippen molar-refractivity contribution in [3.63, 3.8) is 0 Å². The van der Waals surface area contributed by atoms with Crippen LogP contribution < -0.4 is 5.32 Å². The van der Waals surface area contributed by atoms with Crippen molar-refractivity contribution in [1.82, 2.24) is 20.4 Å². The van der Waals surface area contributed by atoms with Crippen LogP contribution in [0.1, 0.15) is 32.0 Å². The fourth-order valence-corrected chi connectivity index (χ4v) is 2.12. The molecule has 1 aliphatic heterocycles. The standard InChI is InChI=1S/C11H20N4O/c1-3-10-13-11(16-14-10)8-15(4-2)9-5-6-12-7-9/h9,12H,3-8H2,1-2H3. The van der Waals surface area contributed by atoms with Gasteiger partial charge in [-0.2, -0.15) is 4.98 Å². The average molecular weight is 224 g/mol. The van der Waals surface area contributed by atoms with Gasteiger partial charge in [0.05, 0.1) is 6.54 Å². The van der Waals surface area contributed by atoms with E-state index in [1.165, 1.54) is 6.42 Å². The molecule has 0 aromatic carbocycles. The highest BCUT2D eigenvalue weighted by Crippen LogP contribution is 2.12. The summed E-state index contributed by atoms with van der Waals surface area (Å²) < 4.78 is 5.22. The summed E-state index contributed by atoms with van der Waals surface area (Å²) in [7, 11) is 0. The number of hydrogen-bond donors (Lipinski definition) is 1. The first-order chi connectivity index (χ1) is 7.83. The van der Waals surface area contributed by atoms with Gasteiger partial charge in [0, 0.05) is 19.0 Å². The molecule has 0 spiro atoms. The summed E-state index contributed by atoms with van der Waals surface area (Å²) in [5.74, 6) is 1.54. The van der Waals surface area contributed by atoms with Gasteiger partial charge in [-0.25, -0.2) is 0 Å². The van der Waals surface area contributed by atoms with Gasteiger partial charge in [0.15, 0.2) is 5.82 Å². The van der Waals surface area contributed by atoms with E-state index in [1.807, 2.05) is 6.92 Å². The van der Waals surface area contributed by atoms with Crippen LogP contribution in [0.2, 0.25) is 0 Å². The third-order valence-electron chi connectivity index (χ3n) is 3.12. The van der Waals surface area contributed by atoms with Crippen molar-refractivity contribution in [2.75, 3.05) is 19.6 Å². The molecule has 5 heteroatoms. The van der Waals surface area contributed by atoms with Crippen LogP contribution >= 0.6 is 0 Å². The average Bonchev–Trinajstić information content (AvgIpc) is 2.96. The SMILES string of the molecule is CCc1noc(CN(CC)C2CCNC2)n1. The van der Waals surface area contributed by atoms with Crippen LogP contribution in [0.25, 0.3) is 0 Å². The zero-order valence-corrected chi connectivity index (χ0v) is 10.1. The highest BCUT2D eigenvalue weighted by molar-refractivity contribution is 4.88. The summed E-state index contributed by atoms with van der Waals surface area (Å²) in [6, 6.07) is 0.613. The van der Waals surface area contributed by atoms with E-state index in [-0.39, 0.29) is 0 Å². The molecular formula is C11H20N4O. The Morgan fingerprint density at radius 2 is 2.38 bits per heavy atom. The Balaban J connectivity index is 1.94. The highest BCUT2D eigenvalue weighted by atomic mass is 16.5. The summed E-state index contributed by atoms with van der Waals surface area (Å²) in [6.45, 7) is 8.20. The van der Waals surface area contributed by atoms with Crippen molar-refractivity contribution in [3.8, 4) is 0 Å². The summed E-state index contributed by atoms with van der Waals surface area (Å²) in [5, 5.41) is 7.30. The maximum absolute atomic E-state index is 5.22. The molecule has 1 saturated heterocycles. The summed E-state index contributed by atoms with van der Waals surface area (Å²) in [6.07, 6.45) is 2.04. The first kappa shape index (κ1) is 11.5. The van der Waals surface area contributed by atoms with E-state index in [2.05, 4.69) is 27.3 Å². The van der Waals surface area contributed by atoms with Crippen molar-refractivity contribution >= 4 is 0 Å². The van der Waals surface area contributed by atoms with Gasteiger partial charge in [-0.05, 0) is 19.5 Å². The summed E-state index contributed by atoms with van der Waals surface area (Å²) in [4.78, 5) is 6.74. The Bertz CT molecular complexity index is 320. The largest absolute Gasteiger partial charge is 0.338 e. The Morgan fingerprint density at radius 1 is 1.50 bits per heavy atom. The topological polar surface area (TPSA) is 54.2 Å². The lowest BCUT2D eigenvalue weighted by atomic mass is 10.2. The molecule has 2 heterocycles. The molecule has 16 heavy (non-hydrogen) atoms. The Morgan fingerprint density at radius 3 is 2.94 bits per heavy atom. The molecule has 1 fully saturated rings. The smallest absolute Gasteiger partial charge is 0.240 e. The molecule has 1 aromatic heterocycles. The maximum Gasteiger partial charge on any atom is 0.240 e. The van der Waals surface area contributed by atoms with E-state index < -0.39 is 0 Å². The van der Waals surface area contributed by atoms with Gasteiger partial charge in [-0.1, -0.05) is 19.0 Å². The number of likely N-dealkylation sites (N-methyl/N-ethyl adjacent to an activating group) is 1. The predicted molar refractivity (Wildman–Crippen MR) is 61.0 cm³/mol. The molecule has 1 aromatic rings. The molecule has 0 saturated carbocycles. The van der Waals surface area contributed by atoms with Crippen LogP contribution in [0, 0.1) is 0 Å². The van der Waals surface area contributed by atoms with Gasteiger partial charge in [0.1, 0.15) is 0 Å². The van der Waals surface area contributed by atoms with Gasteiger partial charge in [-0.15, -0.1) is 0 Å². The van der Waals surface area contributed by atoms with Crippen LogP contribution in [0.5, 0.6) is 0 Å². The van der Waals surface area contributed by atoms with Gasteiger partial charge in [-0.3, -0.25) is 4.90 Å². The van der Waals surface area contributed by atoms with Gasteiger partial charge in [0.2, 0.25) is 5.89 Å². The zero-order valence-electron chi connectivity index (χ0n) is 10.1. The molecule has 0 bridgehead atoms. The first-order valence-electron chi connectivity index (χ1n) is 6.09. The summed E-state index contributed by atoms with van der Waals surface area (Å²) >= 11 is 0. The van der Waals surface area contributed by atoms with Crippen LogP contribution in [0.4, 0.5) is 0 Å². The normalized spacial score (nSPS) is 20.8. The molecular weight excluding hydrogens is 204 g/mol. The van der Waals surface area contributed by atoms with Gasteiger partial charge >= 0.3 is 0 Å². The molecule has 2 rings (SSSR count). The fourth-order valence-electron chi connectivity index (χ4n) is 2.12. The number of rotatable bonds is 5. The second kappa shape index (κ2) is 5.41. The number of hydrogen-bond acceptors (Lipinski definition) is 5. The van der Waals surface area contributed by atoms with E-state index in [4.69, 9.17) is 4.52 Å². The second-order valence-corrected chi connectivity index (χ2v) is 4.17. The Labute approximate surface area is 96.2 Å². The van der Waals surface area contributed by atoms with Crippen molar-refractivity contribution in [3.05, 3.63) is 11.7 Å². The fraction of sp³-hybridized carbons (Fsp3) is 0.818. The zero-order chi connectivity index (χ0) is 11.4. The van der Waals surface area contributed by atoms with E-state index in [9.17, 15) is 0 Å². The minimum atomic E-state index is 0.613. The lowest BCUT2D eigenvalue weighted by Gasteiger charge is -2.24. The van der Waals surface area contributed by atoms with Crippen LogP contribution in [-0.4, -0.2) is 40.7 Å². The van der Waals surface area contributed by atoms with E-state index in [1.54, 1.807) is 0 Å². The molecule has 1 unspecified atom stereocenters. The lowest BCUT2D eigenvalue weighted by molar-refractivity contribution is 0.183. The van der Waals surface area contributed by atoms with Gasteiger partial charge < -0.3 is 9.84 Å². The monoisotopic (exact) mass is 224 g/mol. The first-order valence-corrected chi connectivity index (χ1v) is 6.09. The minimum absolute atomic E-state index is 0.613. The lowest BCUT2D eigenvalue weighted by Crippen LogP contribution is -2.36. The van der Waals surface area contributed by atoms with Crippen molar-refractivity contribution < 1.29 is 4.52 Å². The van der Waals surface area contributed by atoms with Crippen LogP contribution in [0.3, 0.4) is 0 Å². The minimum Gasteiger partial charge on any atom is -0.338 e. The summed E-state index contributed by atoms with van der Waals surface area (Å²) in [5.41, 5.74) is 0. The third-order valence-corrected chi connectivity index (χ3v) is 3.12. The third kappa shape index (κ3) is 2.59. The quantitative estimate of drug-likeness (QED) is 0.802. The number of aryl methyl sites for hydroxylation is 1. The number of aromatic nitrogens is 2. The molecule has 1 atom stereocenters. The second-order valence-electron chi connectivity index (χ2n) is 4.17. The van der Waals surface area contributed by atoms with Crippen molar-refractivity contribution in [2.24, 2.45) is 0 Å². The van der Waals surface area contributed by atoms with E-state index in [0.717, 1.165) is 44.3 Å². The van der Waals surface area contributed by atoms with Crippen molar-refractivity contribution in [2.45, 2.75) is 39.3 Å². The van der Waals surface area contributed by atoms with Crippen molar-refractivity contribution in [1.29, 1.82) is 0 Å². The van der Waals surface area contributed by atoms with Crippen LogP contribution in [-0.2, 0) is 13.0 Å². The number of nitrogens with zero attached hydrogens (tertiary/aromatic N) is 3. The Hall–Kier alpha value is -0.940. The van der Waals surface area contributed by atoms with E-state index >= 15 is 0 Å².